The molecule has 3 nitrogen and oxygen atoms in total. The first kappa shape index (κ1) is 7.73. The summed E-state index contributed by atoms with van der Waals surface area (Å²) in [7, 11) is 0. The highest BCUT2D eigenvalue weighted by molar-refractivity contribution is 5.57. The van der Waals surface area contributed by atoms with Crippen molar-refractivity contribution in [2.75, 3.05) is 0 Å². The van der Waals surface area contributed by atoms with Crippen LogP contribution in [0.4, 0.5) is 0 Å². The molecule has 2 rings (SSSR count). The van der Waals surface area contributed by atoms with Gasteiger partial charge in [0.1, 0.15) is 0 Å². The third-order valence-electron chi connectivity index (χ3n) is 1.68. The number of aromatic nitrogens is 1. The highest BCUT2D eigenvalue weighted by atomic mass is 16.4. The first-order chi connectivity index (χ1) is 6.36. The van der Waals surface area contributed by atoms with E-state index in [0.717, 1.165) is 5.56 Å². The number of nitrogens with zero attached hydrogens (tertiary/aromatic N) is 1. The number of hydrogen-bond acceptors (Lipinski definition) is 3. The maximum atomic E-state index is 10.8. The number of benzene rings is 1. The second-order valence-electron chi connectivity index (χ2n) is 2.55. The van der Waals surface area contributed by atoms with Crippen LogP contribution in [0.15, 0.2) is 51.9 Å². The molecule has 2 aromatic rings. The maximum absolute atomic E-state index is 10.8. The minimum Gasteiger partial charge on any atom is -0.417 e. The van der Waals surface area contributed by atoms with Gasteiger partial charge in [-0.25, -0.2) is 4.79 Å². The summed E-state index contributed by atoms with van der Waals surface area (Å²) in [6, 6.07) is 11.1. The maximum Gasteiger partial charge on any atom is 0.439 e. The summed E-state index contributed by atoms with van der Waals surface area (Å²) >= 11 is 0. The summed E-state index contributed by atoms with van der Waals surface area (Å²) in [6.07, 6.45) is 1.34. The minimum absolute atomic E-state index is 0.568. The van der Waals surface area contributed by atoms with Gasteiger partial charge in [-0.3, -0.25) is 0 Å². The van der Waals surface area contributed by atoms with E-state index in [9.17, 15) is 4.79 Å². The van der Waals surface area contributed by atoms with E-state index in [1.807, 2.05) is 30.3 Å². The zero-order valence-electron chi connectivity index (χ0n) is 6.81. The second kappa shape index (κ2) is 3.23. The lowest BCUT2D eigenvalue weighted by atomic mass is 10.1. The summed E-state index contributed by atoms with van der Waals surface area (Å²) in [5.41, 5.74) is 1.55. The Kier molecular flexibility index (Phi) is 1.92. The van der Waals surface area contributed by atoms with Crippen LogP contribution < -0.4 is 5.76 Å². The van der Waals surface area contributed by atoms with Gasteiger partial charge < -0.3 is 4.42 Å². The Labute approximate surface area is 74.7 Å². The molecule has 0 saturated carbocycles. The Morgan fingerprint density at radius 1 is 1.08 bits per heavy atom. The Morgan fingerprint density at radius 3 is 2.54 bits per heavy atom. The first-order valence-corrected chi connectivity index (χ1v) is 3.87. The van der Waals surface area contributed by atoms with Gasteiger partial charge in [-0.2, -0.15) is 4.98 Å². The molecule has 0 aliphatic carbocycles. The Bertz CT molecular complexity index is 448. The molecule has 0 unspecified atom stereocenters. The summed E-state index contributed by atoms with van der Waals surface area (Å²) in [4.78, 5) is 14.5. The van der Waals surface area contributed by atoms with E-state index in [4.69, 9.17) is 0 Å². The fourth-order valence-corrected chi connectivity index (χ4v) is 1.09. The zero-order chi connectivity index (χ0) is 9.10. The molecule has 0 fully saturated rings. The van der Waals surface area contributed by atoms with E-state index in [1.54, 1.807) is 6.07 Å². The van der Waals surface area contributed by atoms with Crippen molar-refractivity contribution in [3.05, 3.63) is 53.2 Å². The largest absolute Gasteiger partial charge is 0.439 e. The molecule has 0 spiro atoms. The second-order valence-corrected chi connectivity index (χ2v) is 2.55. The summed E-state index contributed by atoms with van der Waals surface area (Å²) in [6.45, 7) is 0. The third-order valence-corrected chi connectivity index (χ3v) is 1.68. The van der Waals surface area contributed by atoms with Crippen LogP contribution in [0.1, 0.15) is 0 Å². The van der Waals surface area contributed by atoms with Crippen LogP contribution in [0.25, 0.3) is 11.3 Å². The molecule has 64 valence electrons. The molecule has 0 radical (unpaired) electrons. The van der Waals surface area contributed by atoms with Crippen molar-refractivity contribution in [3.8, 4) is 11.3 Å². The van der Waals surface area contributed by atoms with Crippen molar-refractivity contribution < 1.29 is 4.42 Å². The predicted molar refractivity (Wildman–Crippen MR) is 48.2 cm³/mol. The van der Waals surface area contributed by atoms with Crippen molar-refractivity contribution >= 4 is 0 Å². The lowest BCUT2D eigenvalue weighted by Crippen LogP contribution is -2.03. The topological polar surface area (TPSA) is 43.1 Å². The molecular weight excluding hydrogens is 166 g/mol. The lowest BCUT2D eigenvalue weighted by Gasteiger charge is -1.96. The highest BCUT2D eigenvalue weighted by Crippen LogP contribution is 2.13. The SMILES string of the molecule is O=c1nc(-c2ccccc2)cco1. The first-order valence-electron chi connectivity index (χ1n) is 3.87. The van der Waals surface area contributed by atoms with Crippen molar-refractivity contribution in [2.24, 2.45) is 0 Å². The van der Waals surface area contributed by atoms with Gasteiger partial charge in [0.25, 0.3) is 0 Å². The molecule has 0 saturated heterocycles. The molecule has 0 atom stereocenters. The summed E-state index contributed by atoms with van der Waals surface area (Å²) in [5, 5.41) is 0. The van der Waals surface area contributed by atoms with Crippen molar-refractivity contribution in [1.82, 2.24) is 4.98 Å². The van der Waals surface area contributed by atoms with Crippen LogP contribution in [-0.4, -0.2) is 4.98 Å². The fraction of sp³-hybridized carbons (Fsp3) is 0. The summed E-state index contributed by atoms with van der Waals surface area (Å²) < 4.78 is 4.52. The zero-order valence-corrected chi connectivity index (χ0v) is 6.81. The standard InChI is InChI=1S/C10H7NO2/c12-10-11-9(6-7-13-10)8-4-2-1-3-5-8/h1-7H. The normalized spacial score (nSPS) is 9.85. The molecule has 0 aliphatic heterocycles. The Hall–Kier alpha value is -1.90. The van der Waals surface area contributed by atoms with Crippen LogP contribution in [0, 0.1) is 0 Å². The van der Waals surface area contributed by atoms with Crippen LogP contribution in [0.5, 0.6) is 0 Å². The van der Waals surface area contributed by atoms with Crippen LogP contribution in [0.3, 0.4) is 0 Å². The monoisotopic (exact) mass is 173 g/mol. The molecule has 0 N–H and O–H groups in total. The fourth-order valence-electron chi connectivity index (χ4n) is 1.09. The Morgan fingerprint density at radius 2 is 1.85 bits per heavy atom. The summed E-state index contributed by atoms with van der Waals surface area (Å²) in [5.74, 6) is -0.568. The Balaban J connectivity index is 2.54. The molecule has 13 heavy (non-hydrogen) atoms. The number of rotatable bonds is 1. The molecule has 3 heteroatoms. The molecule has 0 bridgehead atoms. The van der Waals surface area contributed by atoms with Gasteiger partial charge in [-0.05, 0) is 6.07 Å². The van der Waals surface area contributed by atoms with Crippen molar-refractivity contribution in [1.29, 1.82) is 0 Å². The van der Waals surface area contributed by atoms with Crippen LogP contribution >= 0.6 is 0 Å². The molecule has 1 aromatic heterocycles. The molecule has 0 amide bonds. The van der Waals surface area contributed by atoms with E-state index < -0.39 is 5.76 Å². The van der Waals surface area contributed by atoms with Crippen LogP contribution in [0.2, 0.25) is 0 Å². The highest BCUT2D eigenvalue weighted by Gasteiger charge is 1.97. The average Bonchev–Trinajstić information content (AvgIpc) is 2.19. The van der Waals surface area contributed by atoms with Gasteiger partial charge >= 0.3 is 5.76 Å². The average molecular weight is 173 g/mol. The van der Waals surface area contributed by atoms with Gasteiger partial charge in [-0.15, -0.1) is 0 Å². The van der Waals surface area contributed by atoms with E-state index >= 15 is 0 Å². The van der Waals surface area contributed by atoms with Gasteiger partial charge in [0.05, 0.1) is 12.0 Å². The molecule has 0 aliphatic rings. The minimum atomic E-state index is -0.568. The van der Waals surface area contributed by atoms with Gasteiger partial charge in [0.15, 0.2) is 0 Å². The van der Waals surface area contributed by atoms with E-state index in [1.165, 1.54) is 6.26 Å². The molecular formula is C10H7NO2. The predicted octanol–water partition coefficient (Wildman–Crippen LogP) is 1.70. The van der Waals surface area contributed by atoms with Crippen molar-refractivity contribution in [2.45, 2.75) is 0 Å². The van der Waals surface area contributed by atoms with E-state index in [-0.39, 0.29) is 0 Å². The number of hydrogen-bond donors (Lipinski definition) is 0. The quantitative estimate of drug-likeness (QED) is 0.659. The van der Waals surface area contributed by atoms with E-state index in [0.29, 0.717) is 5.69 Å². The molecule has 1 aromatic carbocycles. The molecule has 1 heterocycles. The van der Waals surface area contributed by atoms with Crippen LogP contribution in [-0.2, 0) is 0 Å². The van der Waals surface area contributed by atoms with Gasteiger partial charge in [-0.1, -0.05) is 30.3 Å². The van der Waals surface area contributed by atoms with Gasteiger partial charge in [0, 0.05) is 5.56 Å². The van der Waals surface area contributed by atoms with E-state index in [2.05, 4.69) is 9.40 Å². The third kappa shape index (κ3) is 1.64. The van der Waals surface area contributed by atoms with Gasteiger partial charge in [0.2, 0.25) is 0 Å². The van der Waals surface area contributed by atoms with Crippen molar-refractivity contribution in [3.63, 3.8) is 0 Å². The smallest absolute Gasteiger partial charge is 0.417 e. The lowest BCUT2D eigenvalue weighted by molar-refractivity contribution is 0.485.